The highest BCUT2D eigenvalue weighted by Gasteiger charge is 2.13. The Morgan fingerprint density at radius 3 is 2.41 bits per heavy atom. The molecule has 0 bridgehead atoms. The van der Waals surface area contributed by atoms with E-state index in [2.05, 4.69) is 14.7 Å². The highest BCUT2D eigenvalue weighted by atomic mass is 32.2. The van der Waals surface area contributed by atoms with Gasteiger partial charge in [0.25, 0.3) is 5.56 Å². The topological polar surface area (TPSA) is 95.1 Å². The van der Waals surface area contributed by atoms with Crippen molar-refractivity contribution in [3.8, 4) is 22.7 Å². The molecular weight excluding hydrogens is 446 g/mol. The molecule has 0 atom stereocenters. The number of aromatic nitrogens is 3. The van der Waals surface area contributed by atoms with Crippen molar-refractivity contribution in [1.29, 1.82) is 0 Å². The summed E-state index contributed by atoms with van der Waals surface area (Å²) in [4.78, 5) is 23.3. The molecule has 3 N–H and O–H groups in total. The summed E-state index contributed by atoms with van der Waals surface area (Å²) in [6, 6.07) is 26.7. The number of benzene rings is 3. The van der Waals surface area contributed by atoms with Crippen molar-refractivity contribution in [2.45, 2.75) is 4.90 Å². The molecule has 0 saturated heterocycles. The Morgan fingerprint density at radius 2 is 1.68 bits per heavy atom. The number of fused-ring (bicyclic) bond motifs is 1. The van der Waals surface area contributed by atoms with E-state index in [9.17, 15) is 4.79 Å². The van der Waals surface area contributed by atoms with Crippen molar-refractivity contribution in [2.24, 2.45) is 0 Å². The van der Waals surface area contributed by atoms with Gasteiger partial charge in [-0.15, -0.1) is 0 Å². The van der Waals surface area contributed by atoms with Gasteiger partial charge in [0.1, 0.15) is 5.69 Å². The van der Waals surface area contributed by atoms with E-state index in [0.29, 0.717) is 22.5 Å². The Kier molecular flexibility index (Phi) is 5.88. The average Bonchev–Trinajstić information content (AvgIpc) is 2.88. The molecule has 0 radical (unpaired) electrons. The molecule has 0 amide bonds. The van der Waals surface area contributed by atoms with E-state index in [-0.39, 0.29) is 11.5 Å². The van der Waals surface area contributed by atoms with Crippen LogP contribution in [-0.2, 0) is 0 Å². The van der Waals surface area contributed by atoms with E-state index >= 15 is 0 Å². The number of hydrogen-bond donors (Lipinski definition) is 2. The molecule has 0 spiro atoms. The Labute approximate surface area is 200 Å². The summed E-state index contributed by atoms with van der Waals surface area (Å²) in [6.07, 6.45) is 1.72. The fourth-order valence-corrected chi connectivity index (χ4v) is 4.32. The molecule has 2 aromatic heterocycles. The van der Waals surface area contributed by atoms with Crippen LogP contribution in [0.3, 0.4) is 0 Å². The van der Waals surface area contributed by atoms with Crippen LogP contribution in [0.5, 0.6) is 5.88 Å². The molecule has 0 aliphatic carbocycles. The average molecular weight is 468 g/mol. The molecule has 0 unspecified atom stereocenters. The van der Waals surface area contributed by atoms with Crippen LogP contribution >= 0.6 is 11.9 Å². The normalized spacial score (nSPS) is 10.9. The predicted molar refractivity (Wildman–Crippen MR) is 137 cm³/mol. The van der Waals surface area contributed by atoms with Crippen molar-refractivity contribution in [1.82, 2.24) is 14.5 Å². The lowest BCUT2D eigenvalue weighted by Crippen LogP contribution is -2.23. The molecule has 34 heavy (non-hydrogen) atoms. The van der Waals surface area contributed by atoms with Crippen molar-refractivity contribution in [3.63, 3.8) is 0 Å². The number of nitrogens with one attached hydrogen (secondary N) is 1. The lowest BCUT2D eigenvalue weighted by Gasteiger charge is -2.13. The Morgan fingerprint density at radius 1 is 0.941 bits per heavy atom. The molecule has 7 nitrogen and oxygen atoms in total. The second-order valence-electron chi connectivity index (χ2n) is 7.48. The Hall–Kier alpha value is -4.30. The van der Waals surface area contributed by atoms with Gasteiger partial charge in [-0.1, -0.05) is 42.5 Å². The first-order valence-corrected chi connectivity index (χ1v) is 11.4. The van der Waals surface area contributed by atoms with E-state index in [1.165, 1.54) is 16.5 Å². The highest BCUT2D eigenvalue weighted by molar-refractivity contribution is 8.00. The van der Waals surface area contributed by atoms with E-state index in [0.717, 1.165) is 21.7 Å². The van der Waals surface area contributed by atoms with E-state index in [1.807, 2.05) is 78.9 Å². The van der Waals surface area contributed by atoms with Crippen LogP contribution in [0.2, 0.25) is 0 Å². The monoisotopic (exact) mass is 467 g/mol. The first-order chi connectivity index (χ1) is 16.6. The van der Waals surface area contributed by atoms with Gasteiger partial charge in [0.05, 0.1) is 23.7 Å². The standard InChI is InChI=1S/C26H21N5O2S/c1-33-24-23(30-34-20-10-6-3-7-11-20)15-18(16-28-24)17-12-13-22-21(14-17)25(32)31(26(27)29-22)19-8-4-2-5-9-19/h2-16,30H,1H3,(H2,27,29). The maximum absolute atomic E-state index is 13.4. The van der Waals surface area contributed by atoms with Crippen LogP contribution in [0.1, 0.15) is 0 Å². The third-order valence-electron chi connectivity index (χ3n) is 5.31. The SMILES string of the molecule is COc1ncc(-c2ccc3nc(N)n(-c4ccccc4)c(=O)c3c2)cc1NSc1ccccc1. The van der Waals surface area contributed by atoms with Gasteiger partial charge in [-0.25, -0.2) is 14.5 Å². The maximum Gasteiger partial charge on any atom is 0.267 e. The molecule has 5 aromatic rings. The third-order valence-corrected chi connectivity index (χ3v) is 6.14. The summed E-state index contributed by atoms with van der Waals surface area (Å²) in [7, 11) is 1.58. The van der Waals surface area contributed by atoms with Crippen molar-refractivity contribution >= 4 is 34.5 Å². The highest BCUT2D eigenvalue weighted by Crippen LogP contribution is 2.32. The van der Waals surface area contributed by atoms with Gasteiger partial charge in [-0.3, -0.25) is 4.79 Å². The molecule has 0 aliphatic heterocycles. The minimum absolute atomic E-state index is 0.145. The molecule has 0 fully saturated rings. The molecule has 3 aromatic carbocycles. The minimum Gasteiger partial charge on any atom is -0.480 e. The number of pyridine rings is 1. The molecular formula is C26H21N5O2S. The summed E-state index contributed by atoms with van der Waals surface area (Å²) in [5.74, 6) is 0.626. The summed E-state index contributed by atoms with van der Waals surface area (Å²) in [5.41, 5.74) is 9.49. The van der Waals surface area contributed by atoms with Crippen molar-refractivity contribution in [3.05, 3.63) is 101 Å². The number of para-hydroxylation sites is 1. The zero-order valence-corrected chi connectivity index (χ0v) is 19.1. The largest absolute Gasteiger partial charge is 0.480 e. The number of ether oxygens (including phenoxy) is 1. The number of anilines is 2. The molecule has 5 rings (SSSR count). The van der Waals surface area contributed by atoms with E-state index < -0.39 is 0 Å². The Balaban J connectivity index is 1.55. The van der Waals surface area contributed by atoms with Crippen LogP contribution < -0.4 is 20.8 Å². The van der Waals surface area contributed by atoms with Crippen LogP contribution in [0.4, 0.5) is 11.6 Å². The summed E-state index contributed by atoms with van der Waals surface area (Å²) in [6.45, 7) is 0. The molecule has 168 valence electrons. The third kappa shape index (κ3) is 4.18. The minimum atomic E-state index is -0.227. The fraction of sp³-hybridized carbons (Fsp3) is 0.0385. The van der Waals surface area contributed by atoms with Crippen molar-refractivity contribution < 1.29 is 4.74 Å². The molecule has 8 heteroatoms. The zero-order valence-electron chi connectivity index (χ0n) is 18.3. The summed E-state index contributed by atoms with van der Waals surface area (Å²) in [5, 5.41) is 0.472. The van der Waals surface area contributed by atoms with Gasteiger partial charge in [0.2, 0.25) is 11.8 Å². The lowest BCUT2D eigenvalue weighted by atomic mass is 10.0. The van der Waals surface area contributed by atoms with Gasteiger partial charge in [-0.05, 0) is 60.0 Å². The second-order valence-corrected chi connectivity index (χ2v) is 8.36. The van der Waals surface area contributed by atoms with Crippen LogP contribution in [0.15, 0.2) is 101 Å². The predicted octanol–water partition coefficient (Wildman–Crippen LogP) is 5.16. The van der Waals surface area contributed by atoms with Gasteiger partial charge >= 0.3 is 0 Å². The van der Waals surface area contributed by atoms with Gasteiger partial charge in [-0.2, -0.15) is 0 Å². The fourth-order valence-electron chi connectivity index (χ4n) is 3.66. The van der Waals surface area contributed by atoms with Gasteiger partial charge in [0, 0.05) is 16.7 Å². The maximum atomic E-state index is 13.4. The van der Waals surface area contributed by atoms with E-state index in [4.69, 9.17) is 10.5 Å². The van der Waals surface area contributed by atoms with Crippen LogP contribution in [0, 0.1) is 0 Å². The zero-order chi connectivity index (χ0) is 23.5. The molecule has 0 saturated carbocycles. The first kappa shape index (κ1) is 21.5. The number of hydrogen-bond acceptors (Lipinski definition) is 7. The lowest BCUT2D eigenvalue weighted by molar-refractivity contribution is 0.400. The van der Waals surface area contributed by atoms with Crippen LogP contribution in [0.25, 0.3) is 27.7 Å². The smallest absolute Gasteiger partial charge is 0.267 e. The van der Waals surface area contributed by atoms with Crippen LogP contribution in [-0.4, -0.2) is 21.6 Å². The van der Waals surface area contributed by atoms with Gasteiger partial charge < -0.3 is 15.2 Å². The number of nitrogens with zero attached hydrogens (tertiary/aromatic N) is 3. The van der Waals surface area contributed by atoms with Gasteiger partial charge in [0.15, 0.2) is 0 Å². The summed E-state index contributed by atoms with van der Waals surface area (Å²) >= 11 is 1.47. The summed E-state index contributed by atoms with van der Waals surface area (Å²) < 4.78 is 10.2. The van der Waals surface area contributed by atoms with Crippen molar-refractivity contribution in [2.75, 3.05) is 17.6 Å². The number of methoxy groups -OCH3 is 1. The Bertz CT molecular complexity index is 1520. The quantitative estimate of drug-likeness (QED) is 0.333. The number of rotatable bonds is 6. The molecule has 0 aliphatic rings. The van der Waals surface area contributed by atoms with E-state index in [1.54, 1.807) is 19.4 Å². The molecule has 2 heterocycles. The number of nitrogens with two attached hydrogens (primary N) is 1. The first-order valence-electron chi connectivity index (χ1n) is 10.5. The number of nitrogen functional groups attached to an aromatic ring is 1. The second kappa shape index (κ2) is 9.29.